The lowest BCUT2D eigenvalue weighted by Gasteiger charge is -2.26. The van der Waals surface area contributed by atoms with E-state index in [9.17, 15) is 14.4 Å². The van der Waals surface area contributed by atoms with Crippen molar-refractivity contribution in [3.63, 3.8) is 0 Å². The van der Waals surface area contributed by atoms with Gasteiger partial charge >= 0.3 is 6.03 Å². The number of anilines is 2. The van der Waals surface area contributed by atoms with Crippen LogP contribution < -0.4 is 21.7 Å². The van der Waals surface area contributed by atoms with E-state index in [1.807, 2.05) is 31.2 Å². The molecule has 1 unspecified atom stereocenters. The largest absolute Gasteiger partial charge is 0.369 e. The summed E-state index contributed by atoms with van der Waals surface area (Å²) in [6.07, 6.45) is 4.85. The Morgan fingerprint density at radius 3 is 2.68 bits per heavy atom. The van der Waals surface area contributed by atoms with Crippen LogP contribution in [0.25, 0.3) is 10.2 Å². The van der Waals surface area contributed by atoms with Gasteiger partial charge in [0.2, 0.25) is 5.91 Å². The summed E-state index contributed by atoms with van der Waals surface area (Å²) in [6, 6.07) is 9.77. The third-order valence-electron chi connectivity index (χ3n) is 6.42. The number of carbonyl (C=O) groups is 3. The Balaban J connectivity index is 1.28. The predicted molar refractivity (Wildman–Crippen MR) is 133 cm³/mol. The maximum absolute atomic E-state index is 12.8. The Bertz CT molecular complexity index is 1330. The lowest BCUT2D eigenvalue weighted by atomic mass is 9.88. The fourth-order valence-electron chi connectivity index (χ4n) is 4.79. The van der Waals surface area contributed by atoms with E-state index in [1.54, 1.807) is 24.3 Å². The first-order valence-corrected chi connectivity index (χ1v) is 12.0. The molecule has 0 spiro atoms. The number of nitrogens with two attached hydrogens (primary N) is 1. The molecular formula is C24H22ClN5O3S. The molecule has 0 saturated heterocycles. The van der Waals surface area contributed by atoms with Gasteiger partial charge in [0.15, 0.2) is 5.13 Å². The molecule has 4 atom stereocenters. The number of urea groups is 1. The molecule has 2 aromatic carbocycles. The highest BCUT2D eigenvalue weighted by molar-refractivity contribution is 7.22. The summed E-state index contributed by atoms with van der Waals surface area (Å²) >= 11 is 7.47. The van der Waals surface area contributed by atoms with E-state index in [-0.39, 0.29) is 23.8 Å². The highest BCUT2D eigenvalue weighted by Crippen LogP contribution is 2.43. The monoisotopic (exact) mass is 495 g/mol. The highest BCUT2D eigenvalue weighted by atomic mass is 35.5. The van der Waals surface area contributed by atoms with Crippen molar-refractivity contribution in [2.24, 2.45) is 23.5 Å². The van der Waals surface area contributed by atoms with Crippen LogP contribution in [0.3, 0.4) is 0 Å². The number of amides is 4. The number of rotatable bonds is 5. The molecule has 34 heavy (non-hydrogen) atoms. The Kier molecular flexibility index (Phi) is 5.75. The summed E-state index contributed by atoms with van der Waals surface area (Å²) in [6.45, 7) is 1.87. The van der Waals surface area contributed by atoms with Crippen molar-refractivity contribution in [1.29, 1.82) is 0 Å². The van der Waals surface area contributed by atoms with Crippen LogP contribution in [0.4, 0.5) is 15.6 Å². The van der Waals surface area contributed by atoms with Crippen molar-refractivity contribution in [2.75, 3.05) is 10.6 Å². The van der Waals surface area contributed by atoms with Gasteiger partial charge < -0.3 is 16.4 Å². The van der Waals surface area contributed by atoms with Gasteiger partial charge in [0.25, 0.3) is 5.91 Å². The molecule has 3 aromatic rings. The quantitative estimate of drug-likeness (QED) is 0.393. The topological polar surface area (TPSA) is 126 Å². The minimum Gasteiger partial charge on any atom is -0.369 e. The summed E-state index contributed by atoms with van der Waals surface area (Å²) in [5.74, 6) is -0.916. The standard InChI is InChI=1S/C24H22ClN5O3S/c1-11-3-2-4-15(25)19(11)28-22(32)14-7-8-16-17(10-14)34-24(27-16)30-23(33)29-20-13-6-5-12(9-13)18(20)21(26)31/h2-8,10,12-13,18,20H,9H2,1H3,(H2,26,31)(H,28,32)(H2,27,29,30,33)/t12-,13+,18-,20?/m0/s1. The first kappa shape index (κ1) is 22.4. The number of nitrogens with zero attached hydrogens (tertiary/aromatic N) is 1. The molecule has 5 rings (SSSR count). The van der Waals surface area contributed by atoms with Crippen molar-refractivity contribution in [3.8, 4) is 0 Å². The number of hydrogen-bond donors (Lipinski definition) is 4. The van der Waals surface area contributed by atoms with Gasteiger partial charge in [0.05, 0.1) is 26.8 Å². The first-order chi connectivity index (χ1) is 16.3. The fraction of sp³-hybridized carbons (Fsp3) is 0.250. The van der Waals surface area contributed by atoms with Crippen LogP contribution in [0, 0.1) is 24.7 Å². The van der Waals surface area contributed by atoms with Gasteiger partial charge in [0.1, 0.15) is 0 Å². The summed E-state index contributed by atoms with van der Waals surface area (Å²) < 4.78 is 0.747. The molecule has 1 fully saturated rings. The van der Waals surface area contributed by atoms with Gasteiger partial charge in [0, 0.05) is 11.6 Å². The summed E-state index contributed by atoms with van der Waals surface area (Å²) in [5.41, 5.74) is 8.10. The van der Waals surface area contributed by atoms with E-state index < -0.39 is 17.9 Å². The number of primary amides is 1. The van der Waals surface area contributed by atoms with Crippen molar-refractivity contribution >= 4 is 61.8 Å². The van der Waals surface area contributed by atoms with Gasteiger partial charge in [-0.1, -0.05) is 47.2 Å². The maximum Gasteiger partial charge on any atom is 0.321 e. The molecule has 1 aromatic heterocycles. The van der Waals surface area contributed by atoms with E-state index in [4.69, 9.17) is 17.3 Å². The van der Waals surface area contributed by atoms with Crippen LogP contribution in [0.2, 0.25) is 5.02 Å². The second-order valence-electron chi connectivity index (χ2n) is 8.59. The van der Waals surface area contributed by atoms with E-state index >= 15 is 0 Å². The van der Waals surface area contributed by atoms with Gasteiger partial charge in [-0.2, -0.15) is 0 Å². The number of hydrogen-bond acceptors (Lipinski definition) is 5. The number of nitrogens with one attached hydrogen (secondary N) is 3. The second-order valence-corrected chi connectivity index (χ2v) is 10.0. The second kappa shape index (κ2) is 8.73. The maximum atomic E-state index is 12.8. The Hall–Kier alpha value is -3.43. The average molecular weight is 496 g/mol. The van der Waals surface area contributed by atoms with Crippen LogP contribution in [-0.4, -0.2) is 28.9 Å². The van der Waals surface area contributed by atoms with Gasteiger partial charge in [-0.15, -0.1) is 0 Å². The molecule has 2 bridgehead atoms. The SMILES string of the molecule is Cc1cccc(Cl)c1NC(=O)c1ccc2nc(NC(=O)NC3[C@@H]4C=C[C@@H](C4)[C@@H]3C(N)=O)sc2c1. The smallest absolute Gasteiger partial charge is 0.321 e. The third-order valence-corrected chi connectivity index (χ3v) is 7.67. The van der Waals surface area contributed by atoms with E-state index in [1.165, 1.54) is 11.3 Å². The number of aromatic nitrogens is 1. The molecule has 2 aliphatic carbocycles. The number of aryl methyl sites for hydroxylation is 1. The molecule has 2 aliphatic rings. The zero-order valence-electron chi connectivity index (χ0n) is 18.2. The zero-order valence-corrected chi connectivity index (χ0v) is 19.7. The van der Waals surface area contributed by atoms with Gasteiger partial charge in [-0.25, -0.2) is 9.78 Å². The number of para-hydroxylation sites is 1. The zero-order chi connectivity index (χ0) is 24.0. The van der Waals surface area contributed by atoms with Crippen LogP contribution in [0.15, 0.2) is 48.6 Å². The minimum atomic E-state index is -0.441. The fourth-order valence-corrected chi connectivity index (χ4v) is 5.96. The molecule has 174 valence electrons. The first-order valence-electron chi connectivity index (χ1n) is 10.8. The van der Waals surface area contributed by atoms with Crippen molar-refractivity contribution in [2.45, 2.75) is 19.4 Å². The highest BCUT2D eigenvalue weighted by Gasteiger charge is 2.48. The normalized spacial score (nSPS) is 22.6. The summed E-state index contributed by atoms with van der Waals surface area (Å²) in [5, 5.41) is 9.35. The molecule has 0 aliphatic heterocycles. The third kappa shape index (κ3) is 4.12. The number of allylic oxidation sites excluding steroid dienone is 1. The number of halogens is 1. The number of benzene rings is 2. The molecule has 5 N–H and O–H groups in total. The molecule has 0 radical (unpaired) electrons. The number of thiazole rings is 1. The van der Waals surface area contributed by atoms with E-state index in [2.05, 4.69) is 20.9 Å². The van der Waals surface area contributed by atoms with E-state index in [0.717, 1.165) is 16.7 Å². The predicted octanol–water partition coefficient (Wildman–Crippen LogP) is 4.31. The molecule has 1 heterocycles. The number of carbonyl (C=O) groups excluding carboxylic acids is 3. The average Bonchev–Trinajstić information content (AvgIpc) is 3.49. The van der Waals surface area contributed by atoms with Crippen molar-refractivity contribution in [1.82, 2.24) is 10.3 Å². The lowest BCUT2D eigenvalue weighted by molar-refractivity contribution is -0.123. The Morgan fingerprint density at radius 1 is 1.12 bits per heavy atom. The van der Waals surface area contributed by atoms with Gasteiger partial charge in [-0.05, 0) is 55.0 Å². The molecule has 8 nitrogen and oxygen atoms in total. The minimum absolute atomic E-state index is 0.0781. The van der Waals surface area contributed by atoms with Crippen molar-refractivity contribution in [3.05, 3.63) is 64.7 Å². The van der Waals surface area contributed by atoms with Crippen molar-refractivity contribution < 1.29 is 14.4 Å². The van der Waals surface area contributed by atoms with Crippen LogP contribution >= 0.6 is 22.9 Å². The molecule has 1 saturated carbocycles. The Morgan fingerprint density at radius 2 is 1.91 bits per heavy atom. The van der Waals surface area contributed by atoms with Crippen LogP contribution in [0.5, 0.6) is 0 Å². The van der Waals surface area contributed by atoms with Gasteiger partial charge in [-0.3, -0.25) is 14.9 Å². The molecule has 4 amide bonds. The van der Waals surface area contributed by atoms with E-state index in [0.29, 0.717) is 26.9 Å². The Labute approximate surface area is 204 Å². The lowest BCUT2D eigenvalue weighted by Crippen LogP contribution is -2.48. The summed E-state index contributed by atoms with van der Waals surface area (Å²) in [4.78, 5) is 41.7. The molecule has 10 heteroatoms. The summed E-state index contributed by atoms with van der Waals surface area (Å²) in [7, 11) is 0. The van der Waals surface area contributed by atoms with Crippen LogP contribution in [-0.2, 0) is 4.79 Å². The van der Waals surface area contributed by atoms with Crippen LogP contribution in [0.1, 0.15) is 22.3 Å². The number of fused-ring (bicyclic) bond motifs is 3. The molecular weight excluding hydrogens is 474 g/mol.